The van der Waals surface area contributed by atoms with Gasteiger partial charge in [-0.25, -0.2) is 4.98 Å². The number of thiazole rings is 1. The Labute approximate surface area is 154 Å². The quantitative estimate of drug-likeness (QED) is 0.502. The summed E-state index contributed by atoms with van der Waals surface area (Å²) in [4.78, 5) is 4.36. The topological polar surface area (TPSA) is 43.6 Å². The number of hydrogen-bond acceptors (Lipinski definition) is 5. The maximum absolute atomic E-state index is 4.46. The van der Waals surface area contributed by atoms with E-state index in [2.05, 4.69) is 63.9 Å². The van der Waals surface area contributed by atoms with Gasteiger partial charge in [0, 0.05) is 17.1 Å². The summed E-state index contributed by atoms with van der Waals surface area (Å²) in [5.74, 6) is 0.836. The first kappa shape index (κ1) is 16.1. The van der Waals surface area contributed by atoms with Crippen molar-refractivity contribution >= 4 is 23.1 Å². The lowest BCUT2D eigenvalue weighted by Gasteiger charge is -2.11. The van der Waals surface area contributed by atoms with Crippen LogP contribution in [0.1, 0.15) is 11.1 Å². The molecule has 0 aliphatic heterocycles. The molecule has 4 rings (SSSR count). The molecule has 2 aromatic heterocycles. The van der Waals surface area contributed by atoms with E-state index in [1.54, 1.807) is 11.3 Å². The van der Waals surface area contributed by atoms with Crippen LogP contribution >= 0.6 is 23.1 Å². The standard InChI is InChI=1S/C19H16N4S2/c1-13-8-9-16(12-14(13)2)23-17(15-6-4-3-5-7-15)21-22-18(23)25-19-20-10-11-24-19/h3-12H,1-2H3. The molecule has 2 aromatic carbocycles. The molecule has 0 atom stereocenters. The number of benzene rings is 2. The second kappa shape index (κ2) is 6.82. The molecule has 0 N–H and O–H groups in total. The fraction of sp³-hybridized carbons (Fsp3) is 0.105. The molecule has 4 aromatic rings. The smallest absolute Gasteiger partial charge is 0.203 e. The number of rotatable bonds is 4. The Morgan fingerprint density at radius 2 is 1.80 bits per heavy atom. The van der Waals surface area contributed by atoms with Gasteiger partial charge in [0.25, 0.3) is 0 Å². The van der Waals surface area contributed by atoms with E-state index in [0.717, 1.165) is 26.6 Å². The second-order valence-corrected chi connectivity index (χ2v) is 7.79. The first-order valence-corrected chi connectivity index (χ1v) is 9.58. The largest absolute Gasteiger partial charge is 0.270 e. The van der Waals surface area contributed by atoms with Crippen LogP contribution in [0.3, 0.4) is 0 Å². The van der Waals surface area contributed by atoms with E-state index in [1.807, 2.05) is 29.8 Å². The van der Waals surface area contributed by atoms with Crippen molar-refractivity contribution in [1.82, 2.24) is 19.7 Å². The Hall–Kier alpha value is -2.44. The zero-order chi connectivity index (χ0) is 17.2. The Morgan fingerprint density at radius 1 is 0.960 bits per heavy atom. The van der Waals surface area contributed by atoms with Gasteiger partial charge in [0.05, 0.1) is 5.69 Å². The molecular formula is C19H16N4S2. The predicted octanol–water partition coefficient (Wildman–Crippen LogP) is 5.16. The highest BCUT2D eigenvalue weighted by Gasteiger charge is 2.17. The van der Waals surface area contributed by atoms with Crippen molar-refractivity contribution in [2.24, 2.45) is 0 Å². The monoisotopic (exact) mass is 364 g/mol. The van der Waals surface area contributed by atoms with E-state index in [1.165, 1.54) is 22.9 Å². The SMILES string of the molecule is Cc1ccc(-n2c(Sc3nccs3)nnc2-c2ccccc2)cc1C. The van der Waals surface area contributed by atoms with Crippen LogP contribution in [0.2, 0.25) is 0 Å². The number of aromatic nitrogens is 4. The van der Waals surface area contributed by atoms with Crippen LogP contribution < -0.4 is 0 Å². The summed E-state index contributed by atoms with van der Waals surface area (Å²) in [5, 5.41) is 11.7. The first-order chi connectivity index (χ1) is 12.2. The van der Waals surface area contributed by atoms with Crippen LogP contribution in [-0.4, -0.2) is 19.7 Å². The molecule has 0 bridgehead atoms. The lowest BCUT2D eigenvalue weighted by Crippen LogP contribution is -2.00. The van der Waals surface area contributed by atoms with E-state index >= 15 is 0 Å². The average molecular weight is 364 g/mol. The fourth-order valence-electron chi connectivity index (χ4n) is 2.55. The summed E-state index contributed by atoms with van der Waals surface area (Å²) in [6.45, 7) is 4.24. The summed E-state index contributed by atoms with van der Waals surface area (Å²) in [5.41, 5.74) is 4.62. The van der Waals surface area contributed by atoms with E-state index in [-0.39, 0.29) is 0 Å². The van der Waals surface area contributed by atoms with Crippen molar-refractivity contribution in [3.8, 4) is 17.1 Å². The molecule has 2 heterocycles. The first-order valence-electron chi connectivity index (χ1n) is 7.88. The molecule has 0 aliphatic rings. The lowest BCUT2D eigenvalue weighted by atomic mass is 10.1. The predicted molar refractivity (Wildman–Crippen MR) is 103 cm³/mol. The molecule has 6 heteroatoms. The molecule has 0 saturated carbocycles. The maximum atomic E-state index is 4.46. The van der Waals surface area contributed by atoms with Crippen LogP contribution in [0.4, 0.5) is 0 Å². The van der Waals surface area contributed by atoms with Gasteiger partial charge in [0.2, 0.25) is 5.16 Å². The van der Waals surface area contributed by atoms with Crippen molar-refractivity contribution in [2.75, 3.05) is 0 Å². The second-order valence-electron chi connectivity index (χ2n) is 5.68. The average Bonchev–Trinajstić information content (AvgIpc) is 3.28. The van der Waals surface area contributed by atoms with Gasteiger partial charge in [-0.15, -0.1) is 21.5 Å². The molecule has 0 spiro atoms. The van der Waals surface area contributed by atoms with Gasteiger partial charge >= 0.3 is 0 Å². The Morgan fingerprint density at radius 3 is 2.52 bits per heavy atom. The van der Waals surface area contributed by atoms with E-state index < -0.39 is 0 Å². The van der Waals surface area contributed by atoms with E-state index in [0.29, 0.717) is 0 Å². The number of nitrogens with zero attached hydrogens (tertiary/aromatic N) is 4. The Balaban J connectivity index is 1.88. The molecule has 0 radical (unpaired) electrons. The summed E-state index contributed by atoms with van der Waals surface area (Å²) in [7, 11) is 0. The number of aryl methyl sites for hydroxylation is 2. The van der Waals surface area contributed by atoms with Crippen molar-refractivity contribution in [2.45, 2.75) is 23.3 Å². The Bertz CT molecular complexity index is 992. The fourth-order valence-corrected chi connectivity index (χ4v) is 4.12. The summed E-state index contributed by atoms with van der Waals surface area (Å²) in [6, 6.07) is 16.6. The van der Waals surface area contributed by atoms with Crippen molar-refractivity contribution in [3.05, 3.63) is 71.2 Å². The van der Waals surface area contributed by atoms with E-state index in [4.69, 9.17) is 0 Å². The van der Waals surface area contributed by atoms with Gasteiger partial charge in [-0.2, -0.15) is 0 Å². The maximum Gasteiger partial charge on any atom is 0.203 e. The van der Waals surface area contributed by atoms with Gasteiger partial charge < -0.3 is 0 Å². The van der Waals surface area contributed by atoms with Crippen LogP contribution in [-0.2, 0) is 0 Å². The van der Waals surface area contributed by atoms with Gasteiger partial charge in [-0.3, -0.25) is 4.57 Å². The van der Waals surface area contributed by atoms with Gasteiger partial charge in [0.15, 0.2) is 10.2 Å². The van der Waals surface area contributed by atoms with Crippen molar-refractivity contribution in [1.29, 1.82) is 0 Å². The van der Waals surface area contributed by atoms with Crippen LogP contribution in [0.15, 0.2) is 69.6 Å². The zero-order valence-electron chi connectivity index (χ0n) is 13.9. The third kappa shape index (κ3) is 3.23. The van der Waals surface area contributed by atoms with Crippen LogP contribution in [0.25, 0.3) is 17.1 Å². The molecule has 0 aliphatic carbocycles. The summed E-state index contributed by atoms with van der Waals surface area (Å²) >= 11 is 3.14. The highest BCUT2D eigenvalue weighted by Crippen LogP contribution is 2.33. The van der Waals surface area contributed by atoms with Crippen molar-refractivity contribution < 1.29 is 0 Å². The molecule has 0 fully saturated rings. The summed E-state index contributed by atoms with van der Waals surface area (Å²) in [6.07, 6.45) is 1.81. The van der Waals surface area contributed by atoms with Crippen LogP contribution in [0, 0.1) is 13.8 Å². The Kier molecular flexibility index (Phi) is 4.38. The van der Waals surface area contributed by atoms with Gasteiger partial charge in [-0.05, 0) is 48.9 Å². The van der Waals surface area contributed by atoms with Gasteiger partial charge in [-0.1, -0.05) is 36.4 Å². The third-order valence-corrected chi connectivity index (χ3v) is 5.83. The molecule has 4 nitrogen and oxygen atoms in total. The highest BCUT2D eigenvalue weighted by atomic mass is 32.2. The normalized spacial score (nSPS) is 11.0. The minimum Gasteiger partial charge on any atom is -0.270 e. The summed E-state index contributed by atoms with van der Waals surface area (Å²) < 4.78 is 3.06. The minimum atomic E-state index is 0.817. The third-order valence-electron chi connectivity index (χ3n) is 4.00. The molecule has 0 unspecified atom stereocenters. The molecule has 124 valence electrons. The zero-order valence-corrected chi connectivity index (χ0v) is 15.5. The van der Waals surface area contributed by atoms with Crippen LogP contribution in [0.5, 0.6) is 0 Å². The van der Waals surface area contributed by atoms with Gasteiger partial charge in [0.1, 0.15) is 0 Å². The molecule has 25 heavy (non-hydrogen) atoms. The van der Waals surface area contributed by atoms with E-state index in [9.17, 15) is 0 Å². The molecular weight excluding hydrogens is 348 g/mol. The highest BCUT2D eigenvalue weighted by molar-refractivity contribution is 8.00. The lowest BCUT2D eigenvalue weighted by molar-refractivity contribution is 0.884. The molecule has 0 saturated heterocycles. The minimum absolute atomic E-state index is 0.817. The van der Waals surface area contributed by atoms with Crippen molar-refractivity contribution in [3.63, 3.8) is 0 Å². The molecule has 0 amide bonds. The number of hydrogen-bond donors (Lipinski definition) is 0.